The molecule has 3 aromatic carbocycles. The van der Waals surface area contributed by atoms with Gasteiger partial charge in [-0.05, 0) is 18.2 Å². The summed E-state index contributed by atoms with van der Waals surface area (Å²) >= 11 is 12.5. The zero-order valence-corrected chi connectivity index (χ0v) is 20.3. The summed E-state index contributed by atoms with van der Waals surface area (Å²) < 4.78 is 7.28. The Morgan fingerprint density at radius 2 is 1.71 bits per heavy atom. The summed E-state index contributed by atoms with van der Waals surface area (Å²) in [6.45, 7) is 0. The van der Waals surface area contributed by atoms with Gasteiger partial charge in [0.2, 0.25) is 0 Å². The van der Waals surface area contributed by atoms with Crippen molar-refractivity contribution in [1.82, 2.24) is 19.7 Å². The second-order valence-corrected chi connectivity index (χ2v) is 8.59. The molecule has 5 aromatic rings. The summed E-state index contributed by atoms with van der Waals surface area (Å²) in [5, 5.41) is 8.76. The van der Waals surface area contributed by atoms with E-state index in [0.29, 0.717) is 22.6 Å². The van der Waals surface area contributed by atoms with Crippen LogP contribution in [0.4, 0.5) is 5.69 Å². The van der Waals surface area contributed by atoms with E-state index in [1.807, 2.05) is 43.6 Å². The number of nitrogens with zero attached hydrogens (tertiary/aromatic N) is 4. The van der Waals surface area contributed by atoms with Crippen LogP contribution in [-0.4, -0.2) is 32.8 Å². The van der Waals surface area contributed by atoms with Crippen molar-refractivity contribution < 1.29 is 9.53 Å². The van der Waals surface area contributed by atoms with Gasteiger partial charge in [-0.15, -0.1) is 0 Å². The van der Waals surface area contributed by atoms with Crippen molar-refractivity contribution in [3.63, 3.8) is 0 Å². The fraction of sp³-hybridized carbons (Fsp3) is 0.0769. The van der Waals surface area contributed by atoms with Gasteiger partial charge in [0.05, 0.1) is 39.6 Å². The molecule has 1 N–H and O–H groups in total. The third-order valence-electron chi connectivity index (χ3n) is 5.53. The number of aromatic nitrogens is 4. The predicted octanol–water partition coefficient (Wildman–Crippen LogP) is 6.27. The molecule has 0 spiro atoms. The molecule has 174 valence electrons. The van der Waals surface area contributed by atoms with E-state index in [4.69, 9.17) is 27.9 Å². The molecule has 9 heteroatoms. The molecular formula is C26H19Cl2N5O2. The van der Waals surface area contributed by atoms with Gasteiger partial charge < -0.3 is 10.1 Å². The third kappa shape index (κ3) is 4.32. The number of hydrogen-bond acceptors (Lipinski definition) is 5. The van der Waals surface area contributed by atoms with Gasteiger partial charge in [0.1, 0.15) is 17.8 Å². The Hall–Kier alpha value is -3.94. The number of amides is 1. The maximum absolute atomic E-state index is 13.1. The Morgan fingerprint density at radius 1 is 0.971 bits per heavy atom. The zero-order chi connectivity index (χ0) is 24.5. The minimum Gasteiger partial charge on any atom is -0.494 e. The van der Waals surface area contributed by atoms with Crippen molar-refractivity contribution in [2.45, 2.75) is 0 Å². The number of fused-ring (bicyclic) bond motifs is 1. The lowest BCUT2D eigenvalue weighted by atomic mass is 10.0. The van der Waals surface area contributed by atoms with E-state index in [1.165, 1.54) is 13.4 Å². The van der Waals surface area contributed by atoms with Crippen LogP contribution in [0.1, 0.15) is 10.4 Å². The Labute approximate surface area is 211 Å². The van der Waals surface area contributed by atoms with Crippen LogP contribution in [0.5, 0.6) is 5.75 Å². The number of nitrogens with one attached hydrogen (secondary N) is 1. The average Bonchev–Trinajstić information content (AvgIpc) is 3.25. The molecule has 0 aliphatic carbocycles. The summed E-state index contributed by atoms with van der Waals surface area (Å²) in [5.74, 6) is -0.0175. The smallest absolute Gasteiger partial charge is 0.258 e. The minimum absolute atomic E-state index is 0.182. The summed E-state index contributed by atoms with van der Waals surface area (Å²) in [4.78, 5) is 22.1. The number of carbonyl (C=O) groups is 1. The zero-order valence-electron chi connectivity index (χ0n) is 18.8. The number of aryl methyl sites for hydroxylation is 1. The molecule has 7 nitrogen and oxygen atoms in total. The Kier molecular flexibility index (Phi) is 6.11. The molecule has 0 atom stereocenters. The van der Waals surface area contributed by atoms with Crippen LogP contribution < -0.4 is 10.1 Å². The normalized spacial score (nSPS) is 11.0. The van der Waals surface area contributed by atoms with Crippen molar-refractivity contribution in [3.8, 4) is 28.3 Å². The van der Waals surface area contributed by atoms with Gasteiger partial charge >= 0.3 is 0 Å². The highest BCUT2D eigenvalue weighted by Gasteiger charge is 2.20. The Bertz CT molecular complexity index is 1550. The highest BCUT2D eigenvalue weighted by Crippen LogP contribution is 2.37. The highest BCUT2D eigenvalue weighted by atomic mass is 35.5. The van der Waals surface area contributed by atoms with Crippen molar-refractivity contribution in [2.75, 3.05) is 12.4 Å². The fourth-order valence-corrected chi connectivity index (χ4v) is 4.50. The maximum atomic E-state index is 13.1. The average molecular weight is 504 g/mol. The van der Waals surface area contributed by atoms with Gasteiger partial charge in [0, 0.05) is 35.8 Å². The topological polar surface area (TPSA) is 81.9 Å². The number of halogens is 2. The molecule has 35 heavy (non-hydrogen) atoms. The van der Waals surface area contributed by atoms with E-state index in [0.717, 1.165) is 22.2 Å². The van der Waals surface area contributed by atoms with Crippen LogP contribution in [0, 0.1) is 0 Å². The molecule has 0 aliphatic rings. The number of anilines is 1. The minimum atomic E-state index is -0.456. The second-order valence-electron chi connectivity index (χ2n) is 7.77. The summed E-state index contributed by atoms with van der Waals surface area (Å²) in [5.41, 5.74) is 4.54. The molecule has 0 unspecified atom stereocenters. The maximum Gasteiger partial charge on any atom is 0.258 e. The molecule has 0 fully saturated rings. The van der Waals surface area contributed by atoms with Crippen LogP contribution in [0.2, 0.25) is 10.0 Å². The van der Waals surface area contributed by atoms with Crippen LogP contribution in [0.25, 0.3) is 33.4 Å². The van der Waals surface area contributed by atoms with Gasteiger partial charge in [-0.3, -0.25) is 9.48 Å². The van der Waals surface area contributed by atoms with Gasteiger partial charge in [-0.25, -0.2) is 9.97 Å². The first-order valence-corrected chi connectivity index (χ1v) is 11.4. The van der Waals surface area contributed by atoms with E-state index in [1.54, 1.807) is 35.0 Å². The first kappa shape index (κ1) is 22.8. The molecule has 2 heterocycles. The molecule has 0 saturated heterocycles. The first-order chi connectivity index (χ1) is 17.0. The number of ether oxygens (including phenoxy) is 1. The number of carbonyl (C=O) groups excluding carboxylic acids is 1. The lowest BCUT2D eigenvalue weighted by Gasteiger charge is -2.14. The molecule has 2 aromatic heterocycles. The van der Waals surface area contributed by atoms with Crippen molar-refractivity contribution in [3.05, 3.63) is 88.8 Å². The number of hydrogen-bond donors (Lipinski definition) is 1. The second kappa shape index (κ2) is 9.37. The van der Waals surface area contributed by atoms with Gasteiger partial charge in [0.25, 0.3) is 5.91 Å². The van der Waals surface area contributed by atoms with Gasteiger partial charge in [0.15, 0.2) is 0 Å². The molecular weight excluding hydrogens is 485 g/mol. The predicted molar refractivity (Wildman–Crippen MR) is 138 cm³/mol. The lowest BCUT2D eigenvalue weighted by molar-refractivity contribution is 0.102. The van der Waals surface area contributed by atoms with E-state index in [2.05, 4.69) is 20.4 Å². The van der Waals surface area contributed by atoms with Crippen LogP contribution in [0.15, 0.2) is 73.2 Å². The monoisotopic (exact) mass is 503 g/mol. The van der Waals surface area contributed by atoms with E-state index < -0.39 is 5.91 Å². The molecule has 1 amide bonds. The lowest BCUT2D eigenvalue weighted by Crippen LogP contribution is -2.14. The number of methoxy groups -OCH3 is 1. The van der Waals surface area contributed by atoms with E-state index >= 15 is 0 Å². The Morgan fingerprint density at radius 3 is 2.43 bits per heavy atom. The van der Waals surface area contributed by atoms with Crippen LogP contribution >= 0.6 is 23.2 Å². The molecule has 0 bridgehead atoms. The van der Waals surface area contributed by atoms with Crippen molar-refractivity contribution in [2.24, 2.45) is 7.05 Å². The largest absolute Gasteiger partial charge is 0.494 e. The summed E-state index contributed by atoms with van der Waals surface area (Å²) in [7, 11) is 3.39. The van der Waals surface area contributed by atoms with E-state index in [9.17, 15) is 4.79 Å². The molecule has 0 radical (unpaired) electrons. The Balaban J connectivity index is 1.65. The van der Waals surface area contributed by atoms with Crippen LogP contribution in [-0.2, 0) is 7.05 Å². The van der Waals surface area contributed by atoms with Crippen molar-refractivity contribution in [1.29, 1.82) is 0 Å². The highest BCUT2D eigenvalue weighted by molar-refractivity contribution is 6.40. The van der Waals surface area contributed by atoms with Crippen LogP contribution in [0.3, 0.4) is 0 Å². The molecule has 0 saturated carbocycles. The third-order valence-corrected chi connectivity index (χ3v) is 6.16. The van der Waals surface area contributed by atoms with Crippen molar-refractivity contribution >= 4 is 45.7 Å². The first-order valence-electron chi connectivity index (χ1n) is 10.6. The number of benzene rings is 3. The SMILES string of the molecule is COc1cc2ncnc(-c3cn(C)nc3-c3ccccc3)c2cc1NC(=O)c1c(Cl)cccc1Cl. The van der Waals surface area contributed by atoms with Gasteiger partial charge in [-0.1, -0.05) is 59.6 Å². The van der Waals surface area contributed by atoms with Gasteiger partial charge in [-0.2, -0.15) is 5.10 Å². The molecule has 5 rings (SSSR count). The fourth-order valence-electron chi connectivity index (χ4n) is 3.94. The standard InChI is InChI=1S/C26H19Cl2N5O2/c1-33-13-17(24(32-33)15-7-4-3-5-8-15)25-16-11-21(22(35-2)12-20(16)29-14-30-25)31-26(34)23-18(27)9-6-10-19(23)28/h3-14H,1-2H3,(H,31,34). The quantitative estimate of drug-likeness (QED) is 0.305. The summed E-state index contributed by atoms with van der Waals surface area (Å²) in [6, 6.07) is 18.3. The molecule has 0 aliphatic heterocycles. The summed E-state index contributed by atoms with van der Waals surface area (Å²) in [6.07, 6.45) is 3.41. The number of rotatable bonds is 5. The van der Waals surface area contributed by atoms with E-state index in [-0.39, 0.29) is 15.6 Å².